The maximum absolute atomic E-state index is 12.2. The van der Waals surface area contributed by atoms with Gasteiger partial charge in [0.2, 0.25) is 0 Å². The zero-order valence-electron chi connectivity index (χ0n) is 14.1. The average molecular weight is 350 g/mol. The molecule has 1 aromatic heterocycles. The number of rotatable bonds is 5. The Hall–Kier alpha value is -2.71. The summed E-state index contributed by atoms with van der Waals surface area (Å²) in [7, 11) is 0. The molecule has 0 N–H and O–H groups in total. The summed E-state index contributed by atoms with van der Waals surface area (Å²) in [5, 5.41) is 0. The van der Waals surface area contributed by atoms with Crippen LogP contribution in [0, 0.1) is 6.92 Å². The minimum absolute atomic E-state index is 0. The van der Waals surface area contributed by atoms with Crippen molar-refractivity contribution in [2.45, 2.75) is 13.3 Å². The van der Waals surface area contributed by atoms with E-state index in [1.807, 2.05) is 72.4 Å². The van der Waals surface area contributed by atoms with Crippen LogP contribution in [0.3, 0.4) is 0 Å². The highest BCUT2D eigenvalue weighted by molar-refractivity contribution is 6.05. The van der Waals surface area contributed by atoms with E-state index in [9.17, 15) is 4.79 Å². The molecule has 0 saturated heterocycles. The fourth-order valence-corrected chi connectivity index (χ4v) is 2.54. The molecule has 2 nitrogen and oxygen atoms in total. The largest absolute Gasteiger partial charge is 1.00 e. The number of halogens is 1. The van der Waals surface area contributed by atoms with E-state index in [2.05, 4.69) is 18.2 Å². The first kappa shape index (κ1) is 18.6. The molecule has 3 rings (SSSR count). The predicted octanol–water partition coefficient (Wildman–Crippen LogP) is 1.23. The Labute approximate surface area is 154 Å². The molecular formula is C22H20ClNO. The molecule has 25 heavy (non-hydrogen) atoms. The van der Waals surface area contributed by atoms with Crippen LogP contribution in [-0.4, -0.2) is 5.78 Å². The van der Waals surface area contributed by atoms with E-state index in [1.54, 1.807) is 12.3 Å². The van der Waals surface area contributed by atoms with E-state index in [-0.39, 0.29) is 18.2 Å². The third kappa shape index (κ3) is 5.40. The van der Waals surface area contributed by atoms with Crippen LogP contribution in [0.2, 0.25) is 0 Å². The van der Waals surface area contributed by atoms with Crippen molar-refractivity contribution in [2.24, 2.45) is 0 Å². The van der Waals surface area contributed by atoms with Crippen molar-refractivity contribution >= 4 is 12.0 Å². The number of carbonyl (C=O) groups excluding carboxylic acids is 1. The Morgan fingerprint density at radius 1 is 0.920 bits per heavy atom. The predicted molar refractivity (Wildman–Crippen MR) is 96.7 cm³/mol. The fourth-order valence-electron chi connectivity index (χ4n) is 2.54. The van der Waals surface area contributed by atoms with Gasteiger partial charge >= 0.3 is 0 Å². The number of hydrogen-bond acceptors (Lipinski definition) is 1. The Bertz CT molecular complexity index is 855. The minimum atomic E-state index is 0. The van der Waals surface area contributed by atoms with Gasteiger partial charge in [-0.2, -0.15) is 4.57 Å². The van der Waals surface area contributed by atoms with Crippen molar-refractivity contribution in [1.82, 2.24) is 0 Å². The lowest BCUT2D eigenvalue weighted by Crippen LogP contribution is -3.00. The summed E-state index contributed by atoms with van der Waals surface area (Å²) in [5.41, 5.74) is 4.34. The Morgan fingerprint density at radius 3 is 2.32 bits per heavy atom. The van der Waals surface area contributed by atoms with Gasteiger partial charge in [0.15, 0.2) is 24.4 Å². The highest BCUT2D eigenvalue weighted by Gasteiger charge is 2.04. The molecular weight excluding hydrogens is 330 g/mol. The van der Waals surface area contributed by atoms with E-state index in [4.69, 9.17) is 0 Å². The molecule has 0 fully saturated rings. The molecule has 0 aliphatic carbocycles. The second kappa shape index (κ2) is 8.95. The molecule has 0 unspecified atom stereocenters. The molecule has 126 valence electrons. The SMILES string of the molecule is Cc1ccc(C(=O)/C=C/[n+]2cccc(Cc3ccccc3)c2)cc1.[Cl-]. The zero-order chi connectivity index (χ0) is 16.8. The lowest BCUT2D eigenvalue weighted by molar-refractivity contribution is -0.568. The summed E-state index contributed by atoms with van der Waals surface area (Å²) >= 11 is 0. The Kier molecular flexibility index (Phi) is 6.67. The number of aromatic nitrogens is 1. The van der Waals surface area contributed by atoms with Gasteiger partial charge in [-0.3, -0.25) is 4.79 Å². The van der Waals surface area contributed by atoms with Crippen molar-refractivity contribution in [3.63, 3.8) is 0 Å². The van der Waals surface area contributed by atoms with Crippen molar-refractivity contribution < 1.29 is 21.8 Å². The van der Waals surface area contributed by atoms with Crippen molar-refractivity contribution in [3.8, 4) is 0 Å². The zero-order valence-corrected chi connectivity index (χ0v) is 14.9. The highest BCUT2D eigenvalue weighted by atomic mass is 35.5. The van der Waals surface area contributed by atoms with E-state index < -0.39 is 0 Å². The molecule has 2 aromatic carbocycles. The van der Waals surface area contributed by atoms with Gasteiger partial charge in [0.05, 0.1) is 6.08 Å². The van der Waals surface area contributed by atoms with Crippen molar-refractivity contribution in [2.75, 3.05) is 0 Å². The highest BCUT2D eigenvalue weighted by Crippen LogP contribution is 2.07. The summed E-state index contributed by atoms with van der Waals surface area (Å²) in [5.74, 6) is 0.0102. The molecule has 0 saturated carbocycles. The fraction of sp³-hybridized carbons (Fsp3) is 0.0909. The van der Waals surface area contributed by atoms with E-state index >= 15 is 0 Å². The molecule has 0 aliphatic heterocycles. The second-order valence-corrected chi connectivity index (χ2v) is 5.87. The number of allylic oxidation sites excluding steroid dienone is 1. The maximum atomic E-state index is 12.2. The number of nitrogens with zero attached hydrogens (tertiary/aromatic N) is 1. The van der Waals surface area contributed by atoms with Crippen LogP contribution in [0.5, 0.6) is 0 Å². The summed E-state index contributed by atoms with van der Waals surface area (Å²) < 4.78 is 1.92. The topological polar surface area (TPSA) is 20.9 Å². The van der Waals surface area contributed by atoms with Crippen LogP contribution in [0.25, 0.3) is 6.20 Å². The van der Waals surface area contributed by atoms with Gasteiger partial charge in [0.25, 0.3) is 0 Å². The first-order chi connectivity index (χ1) is 11.7. The van der Waals surface area contributed by atoms with E-state index in [0.717, 1.165) is 12.0 Å². The Balaban J connectivity index is 0.00000225. The molecule has 0 bridgehead atoms. The van der Waals surface area contributed by atoms with Crippen LogP contribution >= 0.6 is 0 Å². The Morgan fingerprint density at radius 2 is 1.60 bits per heavy atom. The van der Waals surface area contributed by atoms with Crippen LogP contribution in [-0.2, 0) is 6.42 Å². The summed E-state index contributed by atoms with van der Waals surface area (Å²) in [4.78, 5) is 12.2. The first-order valence-corrected chi connectivity index (χ1v) is 8.03. The van der Waals surface area contributed by atoms with E-state index in [0.29, 0.717) is 5.56 Å². The van der Waals surface area contributed by atoms with Gasteiger partial charge in [-0.25, -0.2) is 0 Å². The quantitative estimate of drug-likeness (QED) is 0.385. The maximum Gasteiger partial charge on any atom is 0.191 e. The third-order valence-corrected chi connectivity index (χ3v) is 3.87. The standard InChI is InChI=1S/C22H20NO.ClH/c1-18-9-11-21(12-10-18)22(24)13-15-23-14-5-8-20(17-23)16-19-6-3-2-4-7-19;/h2-15,17H,16H2,1H3;1H/q+1;/p-1/b15-13+;. The summed E-state index contributed by atoms with van der Waals surface area (Å²) in [6.45, 7) is 2.01. The smallest absolute Gasteiger partial charge is 0.191 e. The van der Waals surface area contributed by atoms with Gasteiger partial charge in [0.1, 0.15) is 0 Å². The van der Waals surface area contributed by atoms with Crippen LogP contribution in [0.15, 0.2) is 85.2 Å². The molecule has 0 atom stereocenters. The van der Waals surface area contributed by atoms with Crippen LogP contribution in [0.4, 0.5) is 0 Å². The number of ketones is 1. The van der Waals surface area contributed by atoms with Gasteiger partial charge in [-0.05, 0) is 18.6 Å². The second-order valence-electron chi connectivity index (χ2n) is 5.87. The number of hydrogen-bond donors (Lipinski definition) is 0. The third-order valence-electron chi connectivity index (χ3n) is 3.87. The molecule has 0 amide bonds. The number of pyridine rings is 1. The van der Waals surface area contributed by atoms with Gasteiger partial charge in [-0.15, -0.1) is 0 Å². The van der Waals surface area contributed by atoms with Crippen molar-refractivity contribution in [3.05, 3.63) is 107 Å². The summed E-state index contributed by atoms with van der Waals surface area (Å²) in [6.07, 6.45) is 8.27. The minimum Gasteiger partial charge on any atom is -1.00 e. The molecule has 3 aromatic rings. The lowest BCUT2D eigenvalue weighted by Gasteiger charge is -1.99. The number of benzene rings is 2. The number of aryl methyl sites for hydroxylation is 1. The molecule has 0 spiro atoms. The van der Waals surface area contributed by atoms with Gasteiger partial charge in [-0.1, -0.05) is 60.2 Å². The van der Waals surface area contributed by atoms with Gasteiger partial charge < -0.3 is 12.4 Å². The monoisotopic (exact) mass is 349 g/mol. The molecule has 1 heterocycles. The average Bonchev–Trinajstić information content (AvgIpc) is 2.61. The first-order valence-electron chi connectivity index (χ1n) is 8.03. The van der Waals surface area contributed by atoms with Crippen LogP contribution in [0.1, 0.15) is 27.0 Å². The van der Waals surface area contributed by atoms with Crippen molar-refractivity contribution in [1.29, 1.82) is 0 Å². The number of carbonyl (C=O) groups is 1. The normalized spacial score (nSPS) is 10.4. The van der Waals surface area contributed by atoms with Gasteiger partial charge in [0, 0.05) is 23.6 Å². The van der Waals surface area contributed by atoms with E-state index in [1.165, 1.54) is 11.1 Å². The molecule has 0 aliphatic rings. The molecule has 0 radical (unpaired) electrons. The summed E-state index contributed by atoms with van der Waals surface area (Å²) in [6, 6.07) is 22.1. The molecule has 3 heteroatoms. The van der Waals surface area contributed by atoms with Crippen LogP contribution < -0.4 is 17.0 Å². The lowest BCUT2D eigenvalue weighted by atomic mass is 10.1.